The predicted molar refractivity (Wildman–Crippen MR) is 95.7 cm³/mol. The second-order valence-electron chi connectivity index (χ2n) is 7.51. The molecule has 3 rings (SSSR count). The van der Waals surface area contributed by atoms with Crippen molar-refractivity contribution in [3.05, 3.63) is 35.9 Å². The van der Waals surface area contributed by atoms with Gasteiger partial charge >= 0.3 is 0 Å². The van der Waals surface area contributed by atoms with E-state index in [2.05, 4.69) is 49.1 Å². The Morgan fingerprint density at radius 2 is 1.79 bits per heavy atom. The first-order chi connectivity index (χ1) is 11.5. The van der Waals surface area contributed by atoms with Gasteiger partial charge in [0.05, 0.1) is 12.2 Å². The molecule has 24 heavy (non-hydrogen) atoms. The van der Waals surface area contributed by atoms with E-state index in [1.165, 1.54) is 5.56 Å². The summed E-state index contributed by atoms with van der Waals surface area (Å²) >= 11 is 0. The summed E-state index contributed by atoms with van der Waals surface area (Å²) < 4.78 is 6.41. The van der Waals surface area contributed by atoms with Crippen molar-refractivity contribution < 1.29 is 9.53 Å². The topological polar surface area (TPSA) is 32.8 Å². The molecule has 2 aliphatic heterocycles. The summed E-state index contributed by atoms with van der Waals surface area (Å²) in [6.45, 7) is 9.90. The molecule has 0 spiro atoms. The molecule has 0 bridgehead atoms. The van der Waals surface area contributed by atoms with E-state index in [1.807, 2.05) is 4.90 Å². The highest BCUT2D eigenvalue weighted by Gasteiger charge is 2.35. The number of carbonyl (C=O) groups excluding carboxylic acids is 1. The Kier molecular flexibility index (Phi) is 5.57. The van der Waals surface area contributed by atoms with E-state index >= 15 is 0 Å². The average molecular weight is 330 g/mol. The Bertz CT molecular complexity index is 538. The summed E-state index contributed by atoms with van der Waals surface area (Å²) in [7, 11) is 0. The van der Waals surface area contributed by atoms with Crippen molar-refractivity contribution in [2.75, 3.05) is 26.2 Å². The molecule has 2 saturated heterocycles. The molecular weight excluding hydrogens is 300 g/mol. The van der Waals surface area contributed by atoms with Crippen LogP contribution in [0.2, 0.25) is 0 Å². The van der Waals surface area contributed by atoms with Crippen molar-refractivity contribution >= 4 is 5.91 Å². The molecule has 4 nitrogen and oxygen atoms in total. The van der Waals surface area contributed by atoms with Crippen LogP contribution in [0.4, 0.5) is 0 Å². The highest BCUT2D eigenvalue weighted by Crippen LogP contribution is 2.31. The van der Waals surface area contributed by atoms with Gasteiger partial charge in [-0.2, -0.15) is 0 Å². The van der Waals surface area contributed by atoms with Crippen LogP contribution in [-0.4, -0.2) is 54.0 Å². The van der Waals surface area contributed by atoms with Gasteiger partial charge in [-0.3, -0.25) is 9.69 Å². The van der Waals surface area contributed by atoms with Gasteiger partial charge in [-0.15, -0.1) is 0 Å². The lowest BCUT2D eigenvalue weighted by Gasteiger charge is -2.45. The van der Waals surface area contributed by atoms with Crippen LogP contribution in [0.15, 0.2) is 30.3 Å². The summed E-state index contributed by atoms with van der Waals surface area (Å²) in [5.41, 5.74) is 1.27. The van der Waals surface area contributed by atoms with Crippen molar-refractivity contribution in [3.63, 3.8) is 0 Å². The molecule has 0 aliphatic carbocycles. The SMILES string of the molecule is CC(=O)N1CCC(N2C[C@@H](c3ccccc3)O[C@@H](C(C)C)C2)CC1. The number of amides is 1. The van der Waals surface area contributed by atoms with E-state index in [9.17, 15) is 4.79 Å². The number of benzene rings is 1. The second kappa shape index (κ2) is 7.66. The van der Waals surface area contributed by atoms with Crippen molar-refractivity contribution in [1.29, 1.82) is 0 Å². The maximum absolute atomic E-state index is 11.6. The molecule has 1 aromatic rings. The number of rotatable bonds is 3. The summed E-state index contributed by atoms with van der Waals surface area (Å²) in [4.78, 5) is 16.1. The lowest BCUT2D eigenvalue weighted by molar-refractivity contribution is -0.134. The third-order valence-electron chi connectivity index (χ3n) is 5.49. The van der Waals surface area contributed by atoms with Crippen LogP contribution in [0.25, 0.3) is 0 Å². The molecule has 0 N–H and O–H groups in total. The molecular formula is C20H30N2O2. The third kappa shape index (κ3) is 3.98. The highest BCUT2D eigenvalue weighted by molar-refractivity contribution is 5.73. The molecule has 2 atom stereocenters. The number of hydrogen-bond donors (Lipinski definition) is 0. The van der Waals surface area contributed by atoms with E-state index in [0.29, 0.717) is 12.0 Å². The Labute approximate surface area is 145 Å². The van der Waals surface area contributed by atoms with Gasteiger partial charge in [-0.1, -0.05) is 44.2 Å². The number of piperidine rings is 1. The second-order valence-corrected chi connectivity index (χ2v) is 7.51. The first-order valence-corrected chi connectivity index (χ1v) is 9.24. The Balaban J connectivity index is 1.69. The van der Waals surface area contributed by atoms with E-state index in [1.54, 1.807) is 6.92 Å². The van der Waals surface area contributed by atoms with Crippen molar-refractivity contribution in [1.82, 2.24) is 9.80 Å². The number of ether oxygens (including phenoxy) is 1. The van der Waals surface area contributed by atoms with Crippen molar-refractivity contribution in [3.8, 4) is 0 Å². The molecule has 1 aromatic carbocycles. The smallest absolute Gasteiger partial charge is 0.219 e. The normalized spacial score (nSPS) is 26.8. The van der Waals surface area contributed by atoms with Gasteiger partial charge < -0.3 is 9.64 Å². The van der Waals surface area contributed by atoms with Crippen LogP contribution in [0.3, 0.4) is 0 Å². The van der Waals surface area contributed by atoms with Crippen LogP contribution < -0.4 is 0 Å². The van der Waals surface area contributed by atoms with Gasteiger partial charge in [0.2, 0.25) is 5.91 Å². The average Bonchev–Trinajstić information content (AvgIpc) is 2.62. The minimum Gasteiger partial charge on any atom is -0.367 e. The zero-order valence-corrected chi connectivity index (χ0v) is 15.1. The molecule has 0 saturated carbocycles. The summed E-state index contributed by atoms with van der Waals surface area (Å²) in [6.07, 6.45) is 2.57. The summed E-state index contributed by atoms with van der Waals surface area (Å²) in [5.74, 6) is 0.717. The summed E-state index contributed by atoms with van der Waals surface area (Å²) in [5, 5.41) is 0. The standard InChI is InChI=1S/C20H30N2O2/c1-15(2)19-13-22(18-9-11-21(12-10-18)16(3)23)14-20(24-19)17-7-5-4-6-8-17/h4-8,15,18-20H,9-14H2,1-3H3/t19-,20+/m1/s1. The monoisotopic (exact) mass is 330 g/mol. The largest absolute Gasteiger partial charge is 0.367 e. The van der Waals surface area contributed by atoms with E-state index in [0.717, 1.165) is 39.0 Å². The van der Waals surface area contributed by atoms with Gasteiger partial charge in [0.15, 0.2) is 0 Å². The fourth-order valence-corrected chi connectivity index (χ4v) is 3.88. The Morgan fingerprint density at radius 3 is 2.38 bits per heavy atom. The van der Waals surface area contributed by atoms with E-state index in [-0.39, 0.29) is 18.1 Å². The maximum atomic E-state index is 11.6. The number of morpholine rings is 1. The van der Waals surface area contributed by atoms with Gasteiger partial charge in [0.25, 0.3) is 0 Å². The lowest BCUT2D eigenvalue weighted by atomic mass is 9.96. The predicted octanol–water partition coefficient (Wildman–Crippen LogP) is 3.10. The number of carbonyl (C=O) groups is 1. The summed E-state index contributed by atoms with van der Waals surface area (Å²) in [6, 6.07) is 11.1. The highest BCUT2D eigenvalue weighted by atomic mass is 16.5. The van der Waals surface area contributed by atoms with Gasteiger partial charge in [0.1, 0.15) is 0 Å². The number of hydrogen-bond acceptors (Lipinski definition) is 3. The number of likely N-dealkylation sites (tertiary alicyclic amines) is 1. The minimum atomic E-state index is 0.151. The van der Waals surface area contributed by atoms with Crippen molar-refractivity contribution in [2.45, 2.75) is 51.9 Å². The molecule has 2 fully saturated rings. The molecule has 1 amide bonds. The zero-order valence-electron chi connectivity index (χ0n) is 15.1. The van der Waals surface area contributed by atoms with Gasteiger partial charge in [-0.25, -0.2) is 0 Å². The fourth-order valence-electron chi connectivity index (χ4n) is 3.88. The van der Waals surface area contributed by atoms with Crippen LogP contribution in [-0.2, 0) is 9.53 Å². The molecule has 0 aromatic heterocycles. The molecule has 0 unspecified atom stereocenters. The molecule has 0 radical (unpaired) electrons. The van der Waals surface area contributed by atoms with Crippen LogP contribution in [0.5, 0.6) is 0 Å². The lowest BCUT2D eigenvalue weighted by Crippen LogP contribution is -2.53. The first kappa shape index (κ1) is 17.4. The molecule has 2 heterocycles. The minimum absolute atomic E-state index is 0.151. The first-order valence-electron chi connectivity index (χ1n) is 9.24. The maximum Gasteiger partial charge on any atom is 0.219 e. The van der Waals surface area contributed by atoms with E-state index < -0.39 is 0 Å². The fraction of sp³-hybridized carbons (Fsp3) is 0.650. The quantitative estimate of drug-likeness (QED) is 0.854. The van der Waals surface area contributed by atoms with Gasteiger partial charge in [0, 0.05) is 39.1 Å². The van der Waals surface area contributed by atoms with E-state index in [4.69, 9.17) is 4.74 Å². The number of nitrogens with zero attached hydrogens (tertiary/aromatic N) is 2. The Hall–Kier alpha value is -1.39. The van der Waals surface area contributed by atoms with Gasteiger partial charge in [-0.05, 0) is 24.3 Å². The van der Waals surface area contributed by atoms with Crippen LogP contribution >= 0.6 is 0 Å². The molecule has 132 valence electrons. The van der Waals surface area contributed by atoms with Crippen LogP contribution in [0.1, 0.15) is 45.3 Å². The third-order valence-corrected chi connectivity index (χ3v) is 5.49. The zero-order chi connectivity index (χ0) is 17.1. The van der Waals surface area contributed by atoms with Crippen molar-refractivity contribution in [2.24, 2.45) is 5.92 Å². The molecule has 2 aliphatic rings. The molecule has 4 heteroatoms. The Morgan fingerprint density at radius 1 is 1.12 bits per heavy atom. The van der Waals surface area contributed by atoms with Crippen LogP contribution in [0, 0.1) is 5.92 Å².